The number of nitrogens with zero attached hydrogens (tertiary/aromatic N) is 3. The molecular weight excluding hydrogens is 316 g/mol. The van der Waals surface area contributed by atoms with E-state index < -0.39 is 28.6 Å². The van der Waals surface area contributed by atoms with Gasteiger partial charge in [0, 0.05) is 6.42 Å². The van der Waals surface area contributed by atoms with E-state index in [9.17, 15) is 15.8 Å². The van der Waals surface area contributed by atoms with Crippen LogP contribution in [0.25, 0.3) is 0 Å². The van der Waals surface area contributed by atoms with Crippen LogP contribution in [0.2, 0.25) is 0 Å². The second-order valence-electron chi connectivity index (χ2n) is 6.68. The van der Waals surface area contributed by atoms with Crippen molar-refractivity contribution in [3.63, 3.8) is 0 Å². The lowest BCUT2D eigenvalue weighted by Crippen LogP contribution is -2.58. The van der Waals surface area contributed by atoms with E-state index in [2.05, 4.69) is 6.07 Å². The van der Waals surface area contributed by atoms with Crippen LogP contribution in [0, 0.1) is 63.1 Å². The lowest BCUT2D eigenvalue weighted by Gasteiger charge is -2.48. The summed E-state index contributed by atoms with van der Waals surface area (Å²) in [6, 6.07) is 13.4. The van der Waals surface area contributed by atoms with E-state index in [1.165, 1.54) is 0 Å². The first-order valence-corrected chi connectivity index (χ1v) is 8.13. The van der Waals surface area contributed by atoms with E-state index >= 15 is 0 Å². The first kappa shape index (κ1) is 17.0. The number of hydrogen-bond acceptors (Lipinski definition) is 6. The Hall–Kier alpha value is -2.88. The number of benzene rings is 1. The fraction of sp³-hybridized carbons (Fsp3) is 0.474. The van der Waals surface area contributed by atoms with E-state index in [4.69, 9.17) is 14.9 Å². The minimum atomic E-state index is -1.87. The molecule has 126 valence electrons. The molecule has 2 bridgehead atoms. The first-order valence-electron chi connectivity index (χ1n) is 8.13. The highest BCUT2D eigenvalue weighted by atomic mass is 16.7. The molecule has 3 rings (SSSR count). The number of nitrogens with one attached hydrogen (secondary N) is 1. The Kier molecular flexibility index (Phi) is 3.60. The van der Waals surface area contributed by atoms with Gasteiger partial charge in [0.2, 0.25) is 17.1 Å². The van der Waals surface area contributed by atoms with Crippen LogP contribution >= 0.6 is 0 Å². The maximum absolute atomic E-state index is 10.00. The molecule has 2 aliphatic heterocycles. The van der Waals surface area contributed by atoms with Gasteiger partial charge < -0.3 is 9.47 Å². The average Bonchev–Trinajstić information content (AvgIpc) is 2.79. The lowest BCUT2D eigenvalue weighted by molar-refractivity contribution is -0.280. The zero-order chi connectivity index (χ0) is 18.5. The van der Waals surface area contributed by atoms with Crippen molar-refractivity contribution in [3.8, 4) is 18.2 Å². The third-order valence-corrected chi connectivity index (χ3v) is 5.68. The predicted octanol–water partition coefficient (Wildman–Crippen LogP) is 3.36. The van der Waals surface area contributed by atoms with Gasteiger partial charge in [0.25, 0.3) is 0 Å². The maximum Gasteiger partial charge on any atom is 0.217 e. The number of fused-ring (bicyclic) bond motifs is 2. The van der Waals surface area contributed by atoms with Gasteiger partial charge in [-0.3, -0.25) is 5.41 Å². The van der Waals surface area contributed by atoms with Gasteiger partial charge in [-0.15, -0.1) is 0 Å². The van der Waals surface area contributed by atoms with Crippen LogP contribution in [0.5, 0.6) is 0 Å². The average molecular weight is 334 g/mol. The molecule has 0 saturated carbocycles. The van der Waals surface area contributed by atoms with Crippen LogP contribution in [0.3, 0.4) is 0 Å². The summed E-state index contributed by atoms with van der Waals surface area (Å²) in [4.78, 5) is 0. The molecule has 0 amide bonds. The highest BCUT2D eigenvalue weighted by molar-refractivity contribution is 5.89. The molecule has 6 nitrogen and oxygen atoms in total. The van der Waals surface area contributed by atoms with Gasteiger partial charge in [-0.25, -0.2) is 0 Å². The Bertz CT molecular complexity index is 843. The Labute approximate surface area is 146 Å². The van der Waals surface area contributed by atoms with Crippen molar-refractivity contribution in [2.75, 3.05) is 0 Å². The standard InChI is InChI=1S/C19H18N4O2/c1-4-19-13(3)18(11-22,16(23)25-19)17(9-20,10-21)15(24-19)14-7-5-12(2)6-8-14/h5-8,13,15,23H,4H2,1-3H3/t13-,15+,18+,19-/m0/s1. The van der Waals surface area contributed by atoms with Crippen LogP contribution in [-0.4, -0.2) is 11.7 Å². The first-order chi connectivity index (χ1) is 11.9. The molecule has 4 atom stereocenters. The Balaban J connectivity index is 2.32. The van der Waals surface area contributed by atoms with Crippen molar-refractivity contribution in [2.24, 2.45) is 16.7 Å². The molecule has 2 saturated heterocycles. The number of hydrogen-bond donors (Lipinski definition) is 1. The summed E-state index contributed by atoms with van der Waals surface area (Å²) in [5.41, 5.74) is -1.90. The molecule has 0 aromatic heterocycles. The Morgan fingerprint density at radius 1 is 1.12 bits per heavy atom. The number of nitriles is 3. The number of aryl methyl sites for hydroxylation is 1. The second kappa shape index (κ2) is 5.31. The van der Waals surface area contributed by atoms with E-state index in [0.29, 0.717) is 12.0 Å². The van der Waals surface area contributed by atoms with Crippen LogP contribution in [0.4, 0.5) is 0 Å². The quantitative estimate of drug-likeness (QED) is 0.890. The summed E-state index contributed by atoms with van der Waals surface area (Å²) in [5.74, 6) is -2.18. The van der Waals surface area contributed by atoms with Gasteiger partial charge in [-0.2, -0.15) is 15.8 Å². The van der Waals surface area contributed by atoms with Crippen LogP contribution in [0.1, 0.15) is 37.5 Å². The Morgan fingerprint density at radius 3 is 2.20 bits per heavy atom. The summed E-state index contributed by atoms with van der Waals surface area (Å²) in [7, 11) is 0. The van der Waals surface area contributed by atoms with Gasteiger partial charge >= 0.3 is 0 Å². The molecule has 1 N–H and O–H groups in total. The molecule has 0 radical (unpaired) electrons. The van der Waals surface area contributed by atoms with E-state index in [1.54, 1.807) is 19.1 Å². The van der Waals surface area contributed by atoms with Gasteiger partial charge in [0.15, 0.2) is 5.41 Å². The smallest absolute Gasteiger partial charge is 0.217 e. The summed E-state index contributed by atoms with van der Waals surface area (Å²) >= 11 is 0. The van der Waals surface area contributed by atoms with Gasteiger partial charge in [0.05, 0.1) is 24.1 Å². The fourth-order valence-corrected chi connectivity index (χ4v) is 4.08. The van der Waals surface area contributed by atoms with Crippen molar-refractivity contribution in [1.82, 2.24) is 0 Å². The van der Waals surface area contributed by atoms with Crippen molar-refractivity contribution in [1.29, 1.82) is 21.2 Å². The summed E-state index contributed by atoms with van der Waals surface area (Å²) in [6.07, 6.45) is -0.586. The Morgan fingerprint density at radius 2 is 1.72 bits per heavy atom. The topological polar surface area (TPSA) is 114 Å². The molecule has 1 aromatic rings. The van der Waals surface area contributed by atoms with Gasteiger partial charge in [-0.1, -0.05) is 43.7 Å². The predicted molar refractivity (Wildman–Crippen MR) is 87.7 cm³/mol. The lowest BCUT2D eigenvalue weighted by atomic mass is 9.53. The minimum absolute atomic E-state index is 0.359. The monoisotopic (exact) mass is 334 g/mol. The molecule has 2 aliphatic rings. The summed E-state index contributed by atoms with van der Waals surface area (Å²) in [6.45, 7) is 5.49. The maximum atomic E-state index is 10.00. The van der Waals surface area contributed by atoms with Crippen molar-refractivity contribution < 1.29 is 9.47 Å². The molecule has 0 spiro atoms. The summed E-state index contributed by atoms with van der Waals surface area (Å²) < 4.78 is 11.9. The molecule has 1 aromatic carbocycles. The van der Waals surface area contributed by atoms with E-state index in [1.807, 2.05) is 38.1 Å². The molecule has 0 aliphatic carbocycles. The van der Waals surface area contributed by atoms with Crippen LogP contribution in [-0.2, 0) is 9.47 Å². The van der Waals surface area contributed by atoms with Crippen LogP contribution in [0.15, 0.2) is 24.3 Å². The highest BCUT2D eigenvalue weighted by Crippen LogP contribution is 2.66. The van der Waals surface area contributed by atoms with Gasteiger partial charge in [-0.05, 0) is 12.5 Å². The zero-order valence-corrected chi connectivity index (χ0v) is 14.3. The summed E-state index contributed by atoms with van der Waals surface area (Å²) in [5, 5.41) is 38.3. The largest absolute Gasteiger partial charge is 0.447 e. The van der Waals surface area contributed by atoms with Crippen molar-refractivity contribution >= 4 is 5.90 Å². The van der Waals surface area contributed by atoms with Gasteiger partial charge in [0.1, 0.15) is 6.10 Å². The van der Waals surface area contributed by atoms with Crippen molar-refractivity contribution in [2.45, 2.75) is 39.1 Å². The molecule has 2 heterocycles. The van der Waals surface area contributed by atoms with E-state index in [0.717, 1.165) is 5.56 Å². The van der Waals surface area contributed by atoms with Crippen molar-refractivity contribution in [3.05, 3.63) is 35.4 Å². The molecule has 0 unspecified atom stereocenters. The zero-order valence-electron chi connectivity index (χ0n) is 14.3. The fourth-order valence-electron chi connectivity index (χ4n) is 4.08. The molecule has 25 heavy (non-hydrogen) atoms. The van der Waals surface area contributed by atoms with E-state index in [-0.39, 0.29) is 5.90 Å². The SMILES string of the molecule is CC[C@]12OC(=N)[C@@](C#N)([C@@H]1C)C(C#N)(C#N)[C@@H](c1ccc(C)cc1)O2. The minimum Gasteiger partial charge on any atom is -0.447 e. The normalized spacial score (nSPS) is 35.1. The third-order valence-electron chi connectivity index (χ3n) is 5.68. The molecular formula is C19H18N4O2. The highest BCUT2D eigenvalue weighted by Gasteiger charge is 2.78. The third kappa shape index (κ3) is 1.77. The number of ether oxygens (including phenoxy) is 2. The van der Waals surface area contributed by atoms with Crippen LogP contribution < -0.4 is 0 Å². The molecule has 6 heteroatoms. The number of rotatable bonds is 2. The molecule has 2 fully saturated rings. The second-order valence-corrected chi connectivity index (χ2v) is 6.68.